The molecule has 0 aromatic heterocycles. The number of halogens is 4. The molecule has 2 rings (SSSR count). The van der Waals surface area contributed by atoms with Gasteiger partial charge in [-0.15, -0.1) is 11.8 Å². The summed E-state index contributed by atoms with van der Waals surface area (Å²) in [7, 11) is 0. The van der Waals surface area contributed by atoms with Crippen LogP contribution in [0.4, 0.5) is 13.2 Å². The van der Waals surface area contributed by atoms with E-state index < -0.39 is 23.0 Å². The first-order valence-electron chi connectivity index (χ1n) is 7.10. The van der Waals surface area contributed by atoms with E-state index in [-0.39, 0.29) is 40.3 Å². The second kappa shape index (κ2) is 9.37. The van der Waals surface area contributed by atoms with Gasteiger partial charge in [-0.25, -0.2) is 0 Å². The Labute approximate surface area is 180 Å². The molecule has 0 radical (unpaired) electrons. The number of hydrogen-bond donors (Lipinski definition) is 0. The number of hydrogen-bond acceptors (Lipinski definition) is 4. The molecule has 0 N–H and O–H groups in total. The van der Waals surface area contributed by atoms with Gasteiger partial charge in [-0.2, -0.15) is 13.2 Å². The Kier molecular flexibility index (Phi) is 8.35. The first kappa shape index (κ1) is 23.2. The molecule has 0 saturated carbocycles. The van der Waals surface area contributed by atoms with E-state index in [0.29, 0.717) is 10.6 Å². The predicted octanol–water partition coefficient (Wildman–Crippen LogP) is 1.69. The summed E-state index contributed by atoms with van der Waals surface area (Å²) in [5, 5.41) is 9.94. The number of carboxylic acid groups (broad SMARTS) is 1. The average molecular weight is 413 g/mol. The summed E-state index contributed by atoms with van der Waals surface area (Å²) in [6.07, 6.45) is -4.49. The molecule has 2 aromatic carbocycles. The zero-order chi connectivity index (χ0) is 18.8. The number of carbonyl (C=O) groups excluding carboxylic acids is 1. The van der Waals surface area contributed by atoms with Gasteiger partial charge in [-0.05, 0) is 49.7 Å². The minimum absolute atomic E-state index is 0. The van der Waals surface area contributed by atoms with Crippen LogP contribution in [0.3, 0.4) is 0 Å². The topological polar surface area (TPSA) is 49.4 Å². The molecule has 26 heavy (non-hydrogen) atoms. The smallest absolute Gasteiger partial charge is 0.549 e. The second-order valence-electron chi connectivity index (χ2n) is 5.25. The molecule has 0 saturated heterocycles. The van der Waals surface area contributed by atoms with Crippen LogP contribution in [0.25, 0.3) is 0 Å². The maximum Gasteiger partial charge on any atom is 1.00 e. The normalized spacial score (nSPS) is 12.2. The summed E-state index contributed by atoms with van der Waals surface area (Å²) in [6, 6.07) is 7.76. The molecule has 9 heteroatoms. The van der Waals surface area contributed by atoms with Crippen molar-refractivity contribution in [3.05, 3.63) is 52.5 Å². The number of aliphatic carboxylic acids is 1. The van der Waals surface area contributed by atoms with Crippen LogP contribution < -0.4 is 39.4 Å². The van der Waals surface area contributed by atoms with Crippen molar-refractivity contribution in [2.75, 3.05) is 0 Å². The third-order valence-corrected chi connectivity index (χ3v) is 4.82. The number of alkyl halides is 3. The predicted molar refractivity (Wildman–Crippen MR) is 88.0 cm³/mol. The number of benzene rings is 2. The molecule has 0 aliphatic rings. The molecule has 0 fully saturated rings. The van der Waals surface area contributed by atoms with E-state index in [1.807, 2.05) is 0 Å². The summed E-state index contributed by atoms with van der Waals surface area (Å²) >= 11 is 6.96. The van der Waals surface area contributed by atoms with Crippen molar-refractivity contribution in [1.82, 2.24) is 0 Å². The largest absolute Gasteiger partial charge is 1.00 e. The van der Waals surface area contributed by atoms with E-state index in [4.69, 9.17) is 16.3 Å². The zero-order valence-corrected chi connectivity index (χ0v) is 17.8. The Morgan fingerprint density at radius 3 is 2.42 bits per heavy atom. The Balaban J connectivity index is 0.00000338. The zero-order valence-electron chi connectivity index (χ0n) is 14.2. The summed E-state index contributed by atoms with van der Waals surface area (Å²) in [6.45, 7) is 3.30. The van der Waals surface area contributed by atoms with Crippen LogP contribution in [-0.2, 0) is 11.0 Å². The second-order valence-corrected chi connectivity index (χ2v) is 7.04. The van der Waals surface area contributed by atoms with Crippen molar-refractivity contribution in [3.8, 4) is 11.5 Å². The van der Waals surface area contributed by atoms with Gasteiger partial charge in [0.2, 0.25) is 0 Å². The van der Waals surface area contributed by atoms with E-state index in [0.717, 1.165) is 35.5 Å². The van der Waals surface area contributed by atoms with Gasteiger partial charge in [-0.1, -0.05) is 17.7 Å². The number of carboxylic acids is 1. The summed E-state index contributed by atoms with van der Waals surface area (Å²) in [5.74, 6) is -0.788. The van der Waals surface area contributed by atoms with Gasteiger partial charge >= 0.3 is 35.7 Å². The van der Waals surface area contributed by atoms with Crippen LogP contribution in [0.1, 0.15) is 18.1 Å². The number of rotatable bonds is 5. The van der Waals surface area contributed by atoms with E-state index in [1.54, 1.807) is 25.1 Å². The quantitative estimate of drug-likeness (QED) is 0.554. The third kappa shape index (κ3) is 6.09. The SMILES string of the molecule is Cc1ccc(Oc2ccc(C(F)(F)F)cc2Cl)cc1SC(C)C(=O)[O-].[Na+]. The van der Waals surface area contributed by atoms with Gasteiger partial charge in [-0.3, -0.25) is 0 Å². The molecule has 0 amide bonds. The standard InChI is InChI=1S/C17H14ClF3O3S.Na/c1-9-3-5-12(8-15(9)25-10(2)16(22)23)24-14-6-4-11(7-13(14)18)17(19,20)21;/h3-8,10H,1-2H3,(H,22,23);/q;+1/p-1. The molecule has 1 atom stereocenters. The molecule has 0 heterocycles. The first-order valence-corrected chi connectivity index (χ1v) is 8.36. The summed E-state index contributed by atoms with van der Waals surface area (Å²) in [5.41, 5.74) is -0.0308. The molecular formula is C17H13ClF3NaO3S. The Morgan fingerprint density at radius 2 is 1.88 bits per heavy atom. The maximum atomic E-state index is 12.7. The molecule has 134 valence electrons. The number of carbonyl (C=O) groups is 1. The van der Waals surface area contributed by atoms with Crippen molar-refractivity contribution >= 4 is 29.3 Å². The maximum absolute atomic E-state index is 12.7. The molecular weight excluding hydrogens is 400 g/mol. The van der Waals surface area contributed by atoms with E-state index >= 15 is 0 Å². The van der Waals surface area contributed by atoms with Gasteiger partial charge in [0, 0.05) is 10.1 Å². The average Bonchev–Trinajstić information content (AvgIpc) is 2.51. The van der Waals surface area contributed by atoms with Crippen LogP contribution in [-0.4, -0.2) is 11.2 Å². The van der Waals surface area contributed by atoms with Gasteiger partial charge in [0.1, 0.15) is 11.5 Å². The van der Waals surface area contributed by atoms with Crippen LogP contribution in [0.5, 0.6) is 11.5 Å². The molecule has 2 aromatic rings. The fourth-order valence-electron chi connectivity index (χ4n) is 1.90. The molecule has 1 unspecified atom stereocenters. The van der Waals surface area contributed by atoms with E-state index in [2.05, 4.69) is 0 Å². The Morgan fingerprint density at radius 1 is 1.23 bits per heavy atom. The monoisotopic (exact) mass is 412 g/mol. The van der Waals surface area contributed by atoms with Gasteiger partial charge < -0.3 is 14.6 Å². The van der Waals surface area contributed by atoms with Crippen LogP contribution in [0, 0.1) is 6.92 Å². The minimum atomic E-state index is -4.49. The van der Waals surface area contributed by atoms with Gasteiger partial charge in [0.15, 0.2) is 0 Å². The molecule has 0 bridgehead atoms. The van der Waals surface area contributed by atoms with Crippen LogP contribution in [0.2, 0.25) is 5.02 Å². The Hall–Kier alpha value is -0.860. The van der Waals surface area contributed by atoms with E-state index in [1.165, 1.54) is 6.92 Å². The molecule has 0 aliphatic carbocycles. The van der Waals surface area contributed by atoms with Crippen molar-refractivity contribution in [3.63, 3.8) is 0 Å². The fourth-order valence-corrected chi connectivity index (χ4v) is 3.03. The van der Waals surface area contributed by atoms with Crippen molar-refractivity contribution in [2.45, 2.75) is 30.2 Å². The van der Waals surface area contributed by atoms with Crippen molar-refractivity contribution in [2.24, 2.45) is 0 Å². The minimum Gasteiger partial charge on any atom is -0.549 e. The van der Waals surface area contributed by atoms with Crippen LogP contribution >= 0.6 is 23.4 Å². The van der Waals surface area contributed by atoms with Crippen molar-refractivity contribution in [1.29, 1.82) is 0 Å². The molecule has 3 nitrogen and oxygen atoms in total. The van der Waals surface area contributed by atoms with Gasteiger partial charge in [0.25, 0.3) is 0 Å². The summed E-state index contributed by atoms with van der Waals surface area (Å²) < 4.78 is 43.5. The molecule has 0 aliphatic heterocycles. The summed E-state index contributed by atoms with van der Waals surface area (Å²) in [4.78, 5) is 11.5. The number of aryl methyl sites for hydroxylation is 1. The number of thioether (sulfide) groups is 1. The van der Waals surface area contributed by atoms with Crippen LogP contribution in [0.15, 0.2) is 41.3 Å². The Bertz CT molecular complexity index is 799. The third-order valence-electron chi connectivity index (χ3n) is 3.28. The molecule has 0 spiro atoms. The van der Waals surface area contributed by atoms with E-state index in [9.17, 15) is 23.1 Å². The number of ether oxygens (including phenoxy) is 1. The first-order chi connectivity index (χ1) is 11.6. The fraction of sp³-hybridized carbons (Fsp3) is 0.235. The van der Waals surface area contributed by atoms with Gasteiger partial charge in [0.05, 0.1) is 16.6 Å². The van der Waals surface area contributed by atoms with Crippen molar-refractivity contribution < 1.29 is 57.4 Å².